The largest absolute Gasteiger partial charge is 0.394 e. The maximum Gasteiger partial charge on any atom is 0.241 e. The van der Waals surface area contributed by atoms with Gasteiger partial charge in [0.1, 0.15) is 24.7 Å². The van der Waals surface area contributed by atoms with Crippen molar-refractivity contribution in [3.63, 3.8) is 0 Å². The van der Waals surface area contributed by atoms with Gasteiger partial charge >= 0.3 is 0 Å². The van der Waals surface area contributed by atoms with E-state index in [0.717, 1.165) is 12.7 Å². The number of nitrogens with zero attached hydrogens (tertiary/aromatic N) is 1. The van der Waals surface area contributed by atoms with Crippen LogP contribution in [-0.4, -0.2) is 71.6 Å². The highest BCUT2D eigenvalue weighted by atomic mass is 16.3. The van der Waals surface area contributed by atoms with Crippen molar-refractivity contribution in [3.05, 3.63) is 0 Å². The van der Waals surface area contributed by atoms with Gasteiger partial charge < -0.3 is 25.1 Å². The molecular weight excluding hydrogens is 254 g/mol. The highest BCUT2D eigenvalue weighted by molar-refractivity contribution is 5.84. The van der Waals surface area contributed by atoms with E-state index in [4.69, 9.17) is 5.11 Å². The van der Waals surface area contributed by atoms with Crippen LogP contribution in [0.1, 0.15) is 12.8 Å². The third-order valence-electron chi connectivity index (χ3n) is 2.97. The Morgan fingerprint density at radius 3 is 2.63 bits per heavy atom. The van der Waals surface area contributed by atoms with Crippen molar-refractivity contribution in [1.29, 1.82) is 0 Å². The van der Waals surface area contributed by atoms with Gasteiger partial charge in [-0.3, -0.25) is 4.79 Å². The predicted molar refractivity (Wildman–Crippen MR) is 64.9 cm³/mol. The molecule has 0 aromatic heterocycles. The predicted octanol–water partition coefficient (Wildman–Crippen LogP) is -2.81. The average molecular weight is 273 g/mol. The van der Waals surface area contributed by atoms with Crippen molar-refractivity contribution in [3.8, 4) is 0 Å². The van der Waals surface area contributed by atoms with Crippen LogP contribution in [0, 0.1) is 0 Å². The number of hydrogen-bond donors (Lipinski definition) is 4. The molecule has 0 aliphatic carbocycles. The summed E-state index contributed by atoms with van der Waals surface area (Å²) in [7, 11) is 0. The Morgan fingerprint density at radius 2 is 2.11 bits per heavy atom. The molecule has 0 spiro atoms. The first-order valence-electron chi connectivity index (χ1n) is 6.11. The number of carbonyl (C=O) groups excluding carboxylic acids is 3. The second-order valence-corrected chi connectivity index (χ2v) is 4.34. The number of carbonyl (C=O) groups is 3. The fraction of sp³-hybridized carbons (Fsp3) is 0.727. The lowest BCUT2D eigenvalue weighted by Crippen LogP contribution is -2.57. The molecule has 1 aliphatic heterocycles. The number of aliphatic hydroxyl groups excluding tert-OH is 2. The summed E-state index contributed by atoms with van der Waals surface area (Å²) >= 11 is 0. The van der Waals surface area contributed by atoms with Gasteiger partial charge in [-0.05, 0) is 12.8 Å². The van der Waals surface area contributed by atoms with Gasteiger partial charge in [0.25, 0.3) is 0 Å². The van der Waals surface area contributed by atoms with Crippen LogP contribution in [0.4, 0.5) is 0 Å². The molecule has 19 heavy (non-hydrogen) atoms. The Hall–Kier alpha value is -1.35. The number of rotatable bonds is 8. The molecule has 1 heterocycles. The average Bonchev–Trinajstić information content (AvgIpc) is 2.88. The van der Waals surface area contributed by atoms with Crippen molar-refractivity contribution >= 4 is 18.5 Å². The molecule has 1 amide bonds. The lowest BCUT2D eigenvalue weighted by Gasteiger charge is -2.26. The van der Waals surface area contributed by atoms with E-state index >= 15 is 0 Å². The first-order chi connectivity index (χ1) is 9.15. The summed E-state index contributed by atoms with van der Waals surface area (Å²) < 4.78 is 0. The molecule has 0 aromatic carbocycles. The number of aliphatic hydroxyl groups is 2. The zero-order valence-electron chi connectivity index (χ0n) is 10.5. The topological polar surface area (TPSA) is 119 Å². The molecule has 1 rings (SSSR count). The molecule has 8 heteroatoms. The van der Waals surface area contributed by atoms with Crippen LogP contribution >= 0.6 is 0 Å². The van der Waals surface area contributed by atoms with E-state index in [1.807, 2.05) is 0 Å². The van der Waals surface area contributed by atoms with Gasteiger partial charge in [-0.2, -0.15) is 0 Å². The van der Waals surface area contributed by atoms with Crippen LogP contribution in [0.25, 0.3) is 0 Å². The maximum absolute atomic E-state index is 11.8. The Labute approximate surface area is 110 Å². The van der Waals surface area contributed by atoms with E-state index in [1.54, 1.807) is 5.01 Å². The molecule has 0 aromatic rings. The minimum Gasteiger partial charge on any atom is -0.394 e. The Bertz CT molecular complexity index is 325. The molecule has 1 saturated heterocycles. The molecule has 0 unspecified atom stereocenters. The summed E-state index contributed by atoms with van der Waals surface area (Å²) in [6.45, 7) is -0.386. The summed E-state index contributed by atoms with van der Waals surface area (Å²) in [5, 5.41) is 21.9. The number of nitrogens with one attached hydrogen (secondary N) is 2. The van der Waals surface area contributed by atoms with Gasteiger partial charge in [0.05, 0.1) is 19.3 Å². The highest BCUT2D eigenvalue weighted by Crippen LogP contribution is 2.12. The molecule has 1 fully saturated rings. The van der Waals surface area contributed by atoms with Crippen LogP contribution in [0.2, 0.25) is 0 Å². The summed E-state index contributed by atoms with van der Waals surface area (Å²) in [6, 6.07) is -2.28. The summed E-state index contributed by atoms with van der Waals surface area (Å²) in [6.07, 6.45) is 2.72. The SMILES string of the molecule is O=C[C@H](CO)NC(=O)[C@H](CO)NN1CCC[C@H]1C=O. The lowest BCUT2D eigenvalue weighted by molar-refractivity contribution is -0.129. The van der Waals surface area contributed by atoms with Gasteiger partial charge in [-0.1, -0.05) is 0 Å². The Balaban J connectivity index is 2.54. The second-order valence-electron chi connectivity index (χ2n) is 4.34. The first-order valence-corrected chi connectivity index (χ1v) is 6.11. The van der Waals surface area contributed by atoms with E-state index in [1.165, 1.54) is 0 Å². The molecule has 3 atom stereocenters. The van der Waals surface area contributed by atoms with E-state index in [-0.39, 0.29) is 6.04 Å². The summed E-state index contributed by atoms with van der Waals surface area (Å²) in [5.41, 5.74) is 2.76. The Kier molecular flexibility index (Phi) is 6.57. The number of hydrazine groups is 1. The first kappa shape index (κ1) is 15.7. The smallest absolute Gasteiger partial charge is 0.241 e. The number of hydrogen-bond acceptors (Lipinski definition) is 7. The molecule has 0 radical (unpaired) electrons. The van der Waals surface area contributed by atoms with Crippen LogP contribution in [0.5, 0.6) is 0 Å². The van der Waals surface area contributed by atoms with Crippen LogP contribution in [0.15, 0.2) is 0 Å². The quantitative estimate of drug-likeness (QED) is 0.352. The van der Waals surface area contributed by atoms with Gasteiger partial charge in [-0.15, -0.1) is 0 Å². The molecule has 0 bridgehead atoms. The molecule has 8 nitrogen and oxygen atoms in total. The summed E-state index contributed by atoms with van der Waals surface area (Å²) in [5.74, 6) is -0.606. The van der Waals surface area contributed by atoms with Crippen molar-refractivity contribution in [2.45, 2.75) is 31.0 Å². The second kappa shape index (κ2) is 7.95. The minimum atomic E-state index is -0.996. The fourth-order valence-electron chi connectivity index (χ4n) is 1.88. The highest BCUT2D eigenvalue weighted by Gasteiger charge is 2.29. The molecule has 108 valence electrons. The van der Waals surface area contributed by atoms with E-state index < -0.39 is 31.2 Å². The van der Waals surface area contributed by atoms with Crippen LogP contribution in [0.3, 0.4) is 0 Å². The maximum atomic E-state index is 11.8. The minimum absolute atomic E-state index is 0.318. The van der Waals surface area contributed by atoms with Gasteiger partial charge in [0.2, 0.25) is 5.91 Å². The van der Waals surface area contributed by atoms with Gasteiger partial charge in [0, 0.05) is 6.54 Å². The van der Waals surface area contributed by atoms with E-state index in [9.17, 15) is 19.5 Å². The monoisotopic (exact) mass is 273 g/mol. The molecular formula is C11H19N3O5. The zero-order valence-corrected chi connectivity index (χ0v) is 10.5. The molecule has 1 aliphatic rings. The standard InChI is InChI=1S/C11H19N3O5/c15-4-8(5-16)12-11(19)10(7-18)13-14-3-1-2-9(14)6-17/h4,6,8-10,13,16,18H,1-3,5,7H2,(H,12,19)/t8-,9+,10+/m1/s1. The van der Waals surface area contributed by atoms with Crippen molar-refractivity contribution in [2.24, 2.45) is 0 Å². The number of amides is 1. The van der Waals surface area contributed by atoms with Crippen molar-refractivity contribution < 1.29 is 24.6 Å². The molecule has 0 saturated carbocycles. The van der Waals surface area contributed by atoms with Gasteiger partial charge in [-0.25, -0.2) is 10.4 Å². The van der Waals surface area contributed by atoms with Gasteiger partial charge in [0.15, 0.2) is 0 Å². The lowest BCUT2D eigenvalue weighted by atomic mass is 10.2. The van der Waals surface area contributed by atoms with E-state index in [2.05, 4.69) is 10.7 Å². The van der Waals surface area contributed by atoms with Crippen LogP contribution in [-0.2, 0) is 14.4 Å². The third kappa shape index (κ3) is 4.35. The Morgan fingerprint density at radius 1 is 1.37 bits per heavy atom. The van der Waals surface area contributed by atoms with E-state index in [0.29, 0.717) is 19.3 Å². The van der Waals surface area contributed by atoms with Crippen LogP contribution < -0.4 is 10.7 Å². The zero-order chi connectivity index (χ0) is 14.3. The van der Waals surface area contributed by atoms with Crippen molar-refractivity contribution in [2.75, 3.05) is 19.8 Å². The van der Waals surface area contributed by atoms with Crippen molar-refractivity contribution in [1.82, 2.24) is 15.8 Å². The summed E-state index contributed by atoms with van der Waals surface area (Å²) in [4.78, 5) is 33.1. The number of aldehydes is 2. The fourth-order valence-corrected chi connectivity index (χ4v) is 1.88. The molecule has 4 N–H and O–H groups in total. The third-order valence-corrected chi connectivity index (χ3v) is 2.97. The normalized spacial score (nSPS) is 22.7.